The van der Waals surface area contributed by atoms with Crippen molar-refractivity contribution < 1.29 is 9.18 Å². The summed E-state index contributed by atoms with van der Waals surface area (Å²) in [6.45, 7) is 1.62. The Morgan fingerprint density at radius 1 is 1.08 bits per heavy atom. The molecule has 0 aliphatic carbocycles. The third-order valence-electron chi connectivity index (χ3n) is 4.41. The van der Waals surface area contributed by atoms with E-state index in [1.54, 1.807) is 47.5 Å². The van der Waals surface area contributed by atoms with Gasteiger partial charge in [-0.1, -0.05) is 23.7 Å². The fourth-order valence-corrected chi connectivity index (χ4v) is 3.15. The second kappa shape index (κ2) is 6.80. The number of carbonyl (C=O) groups is 1. The van der Waals surface area contributed by atoms with E-state index in [0.717, 1.165) is 16.8 Å². The number of hydrogen-bond donors (Lipinski definition) is 1. The number of amides is 2. The summed E-state index contributed by atoms with van der Waals surface area (Å²) in [5, 5.41) is 7.89. The molecule has 7 heteroatoms. The predicted molar refractivity (Wildman–Crippen MR) is 98.5 cm³/mol. The lowest BCUT2D eigenvalue weighted by Gasteiger charge is -2.28. The van der Waals surface area contributed by atoms with Crippen molar-refractivity contribution >= 4 is 23.3 Å². The van der Waals surface area contributed by atoms with E-state index in [0.29, 0.717) is 30.3 Å². The van der Waals surface area contributed by atoms with E-state index in [9.17, 15) is 9.18 Å². The predicted octanol–water partition coefficient (Wildman–Crippen LogP) is 4.39. The largest absolute Gasteiger partial charge is 0.322 e. The van der Waals surface area contributed by atoms with Crippen LogP contribution in [0.5, 0.6) is 0 Å². The summed E-state index contributed by atoms with van der Waals surface area (Å²) >= 11 is 5.87. The molecule has 2 aromatic carbocycles. The van der Waals surface area contributed by atoms with Crippen molar-refractivity contribution in [2.24, 2.45) is 0 Å². The smallest absolute Gasteiger partial charge is 0.317 e. The molecule has 132 valence electrons. The molecule has 2 heterocycles. The first-order valence-corrected chi connectivity index (χ1v) is 8.60. The molecule has 0 saturated carbocycles. The molecule has 3 aromatic rings. The highest BCUT2D eigenvalue weighted by Crippen LogP contribution is 2.27. The van der Waals surface area contributed by atoms with Gasteiger partial charge in [-0.15, -0.1) is 0 Å². The summed E-state index contributed by atoms with van der Waals surface area (Å²) in [6.07, 6.45) is 1.77. The number of carbonyl (C=O) groups excluding carboxylic acids is 1. The molecule has 0 fully saturated rings. The van der Waals surface area contributed by atoms with Crippen LogP contribution in [-0.4, -0.2) is 27.3 Å². The van der Waals surface area contributed by atoms with Crippen molar-refractivity contribution in [1.29, 1.82) is 0 Å². The zero-order valence-electron chi connectivity index (χ0n) is 13.8. The molecule has 0 bridgehead atoms. The molecule has 0 atom stereocenters. The number of rotatable bonds is 2. The molecule has 2 amide bonds. The Hall–Kier alpha value is -2.86. The van der Waals surface area contributed by atoms with Crippen LogP contribution in [0.2, 0.25) is 5.02 Å². The Morgan fingerprint density at radius 3 is 2.54 bits per heavy atom. The topological polar surface area (TPSA) is 50.2 Å². The van der Waals surface area contributed by atoms with Crippen LogP contribution in [0, 0.1) is 5.82 Å². The maximum Gasteiger partial charge on any atom is 0.322 e. The van der Waals surface area contributed by atoms with Gasteiger partial charge in [-0.25, -0.2) is 9.18 Å². The zero-order valence-corrected chi connectivity index (χ0v) is 14.6. The van der Waals surface area contributed by atoms with Crippen LogP contribution < -0.4 is 5.32 Å². The summed E-state index contributed by atoms with van der Waals surface area (Å²) in [5.41, 5.74) is 3.42. The second-order valence-corrected chi connectivity index (χ2v) is 6.53. The van der Waals surface area contributed by atoms with Gasteiger partial charge in [0.2, 0.25) is 0 Å². The van der Waals surface area contributed by atoms with Gasteiger partial charge < -0.3 is 10.2 Å². The summed E-state index contributed by atoms with van der Waals surface area (Å²) < 4.78 is 15.1. The third-order valence-corrected chi connectivity index (χ3v) is 4.66. The molecule has 1 aliphatic heterocycles. The average Bonchev–Trinajstić information content (AvgIpc) is 3.07. The third kappa shape index (κ3) is 3.28. The first-order chi connectivity index (χ1) is 12.6. The zero-order chi connectivity index (χ0) is 18.1. The van der Waals surface area contributed by atoms with Crippen LogP contribution in [0.1, 0.15) is 5.69 Å². The molecule has 0 saturated heterocycles. The van der Waals surface area contributed by atoms with Crippen molar-refractivity contribution in [3.05, 3.63) is 71.3 Å². The van der Waals surface area contributed by atoms with Crippen molar-refractivity contribution in [3.63, 3.8) is 0 Å². The summed E-state index contributed by atoms with van der Waals surface area (Å²) in [4.78, 5) is 14.3. The van der Waals surface area contributed by atoms with Crippen molar-refractivity contribution in [2.75, 3.05) is 11.9 Å². The number of benzene rings is 2. The average molecular weight is 371 g/mol. The minimum atomic E-state index is -0.279. The molecule has 1 aliphatic rings. The first kappa shape index (κ1) is 16.6. The Bertz CT molecular complexity index is 937. The molecular weight excluding hydrogens is 355 g/mol. The van der Waals surface area contributed by atoms with E-state index in [1.165, 1.54) is 12.1 Å². The van der Waals surface area contributed by atoms with Crippen LogP contribution in [0.25, 0.3) is 11.1 Å². The molecule has 26 heavy (non-hydrogen) atoms. The molecule has 4 rings (SSSR count). The number of nitrogens with one attached hydrogen (secondary N) is 1. The van der Waals surface area contributed by atoms with E-state index < -0.39 is 0 Å². The van der Waals surface area contributed by atoms with Gasteiger partial charge in [0.25, 0.3) is 0 Å². The summed E-state index contributed by atoms with van der Waals surface area (Å²) in [5.74, 6) is -0.279. The minimum absolute atomic E-state index is 0.176. The van der Waals surface area contributed by atoms with Gasteiger partial charge in [0.05, 0.1) is 25.0 Å². The van der Waals surface area contributed by atoms with E-state index in [4.69, 9.17) is 11.6 Å². The highest BCUT2D eigenvalue weighted by molar-refractivity contribution is 6.30. The lowest BCUT2D eigenvalue weighted by molar-refractivity contribution is 0.194. The molecule has 5 nitrogen and oxygen atoms in total. The Labute approximate surface area is 155 Å². The van der Waals surface area contributed by atoms with Crippen molar-refractivity contribution in [3.8, 4) is 11.1 Å². The quantitative estimate of drug-likeness (QED) is 0.727. The second-order valence-electron chi connectivity index (χ2n) is 6.09. The van der Waals surface area contributed by atoms with Gasteiger partial charge in [0.15, 0.2) is 0 Å². The van der Waals surface area contributed by atoms with Gasteiger partial charge in [-0.3, -0.25) is 4.68 Å². The molecule has 1 aromatic heterocycles. The lowest BCUT2D eigenvalue weighted by atomic mass is 10.1. The highest BCUT2D eigenvalue weighted by Gasteiger charge is 2.24. The molecule has 0 unspecified atom stereocenters. The Kier molecular flexibility index (Phi) is 4.34. The van der Waals surface area contributed by atoms with Gasteiger partial charge >= 0.3 is 6.03 Å². The fraction of sp³-hybridized carbons (Fsp3) is 0.158. The minimum Gasteiger partial charge on any atom is -0.317 e. The molecule has 1 N–H and O–H groups in total. The van der Waals surface area contributed by atoms with Crippen LogP contribution >= 0.6 is 11.6 Å². The van der Waals surface area contributed by atoms with Gasteiger partial charge in [-0.2, -0.15) is 5.10 Å². The maximum atomic E-state index is 13.2. The van der Waals surface area contributed by atoms with Gasteiger partial charge in [-0.05, 0) is 42.0 Å². The molecular formula is C19H16ClFN4O. The number of hydrogen-bond acceptors (Lipinski definition) is 2. The molecule has 0 spiro atoms. The van der Waals surface area contributed by atoms with Crippen LogP contribution in [-0.2, 0) is 13.1 Å². The van der Waals surface area contributed by atoms with E-state index in [2.05, 4.69) is 10.4 Å². The standard InChI is InChI=1S/C19H16ClFN4O/c20-14-3-7-16(8-4-14)23-19(26)24-9-10-25-18(12-24)17(11-22-25)13-1-5-15(21)6-2-13/h1-8,11H,9-10,12H2,(H,23,26). The summed E-state index contributed by atoms with van der Waals surface area (Å²) in [7, 11) is 0. The SMILES string of the molecule is O=C(Nc1ccc(Cl)cc1)N1CCn2ncc(-c3ccc(F)cc3)c2C1. The van der Waals surface area contributed by atoms with Gasteiger partial charge in [0, 0.05) is 22.8 Å². The number of aromatic nitrogens is 2. The summed E-state index contributed by atoms with van der Waals surface area (Å²) in [6, 6.07) is 13.1. The first-order valence-electron chi connectivity index (χ1n) is 8.22. The van der Waals surface area contributed by atoms with Crippen LogP contribution in [0.4, 0.5) is 14.9 Å². The number of fused-ring (bicyclic) bond motifs is 1. The number of anilines is 1. The van der Waals surface area contributed by atoms with Crippen molar-refractivity contribution in [2.45, 2.75) is 13.1 Å². The monoisotopic (exact) mass is 370 g/mol. The van der Waals surface area contributed by atoms with Crippen molar-refractivity contribution in [1.82, 2.24) is 14.7 Å². The highest BCUT2D eigenvalue weighted by atomic mass is 35.5. The molecule has 0 radical (unpaired) electrons. The van der Waals surface area contributed by atoms with Crippen LogP contribution in [0.3, 0.4) is 0 Å². The van der Waals surface area contributed by atoms with Crippen LogP contribution in [0.15, 0.2) is 54.7 Å². The van der Waals surface area contributed by atoms with E-state index in [1.807, 2.05) is 4.68 Å². The Balaban J connectivity index is 1.53. The number of halogens is 2. The van der Waals surface area contributed by atoms with E-state index >= 15 is 0 Å². The number of nitrogens with zero attached hydrogens (tertiary/aromatic N) is 3. The fourth-order valence-electron chi connectivity index (χ4n) is 3.03. The lowest BCUT2D eigenvalue weighted by Crippen LogP contribution is -2.41. The van der Waals surface area contributed by atoms with E-state index in [-0.39, 0.29) is 11.8 Å². The Morgan fingerprint density at radius 2 is 1.81 bits per heavy atom. The normalized spacial score (nSPS) is 13.4. The van der Waals surface area contributed by atoms with Gasteiger partial charge in [0.1, 0.15) is 5.82 Å². The maximum absolute atomic E-state index is 13.2. The number of urea groups is 1.